The minimum atomic E-state index is -0.545. The largest absolute Gasteiger partial charge is 0.453 e. The number of unbranched alkanes of at least 4 members (excludes halogenated alkanes) is 1. The van der Waals surface area contributed by atoms with Crippen LogP contribution in [0.1, 0.15) is 81.6 Å². The van der Waals surface area contributed by atoms with Gasteiger partial charge in [0.1, 0.15) is 16.9 Å². The molecule has 8 heteroatoms. The highest BCUT2D eigenvalue weighted by Crippen LogP contribution is 2.43. The first-order valence-corrected chi connectivity index (χ1v) is 16.5. The van der Waals surface area contributed by atoms with Gasteiger partial charge in [0.15, 0.2) is 11.5 Å². The Kier molecular flexibility index (Phi) is 12.1. The highest BCUT2D eigenvalue weighted by atomic mass is 19.1. The molecule has 0 spiro atoms. The lowest BCUT2D eigenvalue weighted by molar-refractivity contribution is 0.0951. The second kappa shape index (κ2) is 16.0. The smallest absolute Gasteiger partial charge is 0.256 e. The zero-order valence-electron chi connectivity index (χ0n) is 27.8. The Labute approximate surface area is 266 Å². The van der Waals surface area contributed by atoms with Crippen molar-refractivity contribution in [1.82, 2.24) is 20.1 Å². The lowest BCUT2D eigenvalue weighted by Gasteiger charge is -2.25. The molecule has 45 heavy (non-hydrogen) atoms. The molecule has 0 radical (unpaired) electrons. The third-order valence-corrected chi connectivity index (χ3v) is 8.19. The number of carbonyl (C=O) groups is 1. The number of fused-ring (bicyclic) bond motifs is 3. The van der Waals surface area contributed by atoms with Crippen LogP contribution in [0.4, 0.5) is 4.39 Å². The average Bonchev–Trinajstić information content (AvgIpc) is 3.04. The van der Waals surface area contributed by atoms with E-state index in [2.05, 4.69) is 36.3 Å². The topological polar surface area (TPSA) is 75.6 Å². The molecule has 1 amide bonds. The number of nitrogens with zero attached hydrogens (tertiary/aromatic N) is 2. The van der Waals surface area contributed by atoms with Crippen molar-refractivity contribution < 1.29 is 13.9 Å². The quantitative estimate of drug-likeness (QED) is 0.183. The van der Waals surface area contributed by atoms with Crippen LogP contribution in [0.25, 0.3) is 27.4 Å². The van der Waals surface area contributed by atoms with Gasteiger partial charge in [-0.05, 0) is 95.2 Å². The van der Waals surface area contributed by atoms with E-state index < -0.39 is 17.2 Å². The zero-order valence-corrected chi connectivity index (χ0v) is 27.8. The van der Waals surface area contributed by atoms with E-state index in [0.717, 1.165) is 36.2 Å². The van der Waals surface area contributed by atoms with Gasteiger partial charge in [-0.1, -0.05) is 57.9 Å². The fourth-order valence-corrected chi connectivity index (χ4v) is 5.71. The Morgan fingerprint density at radius 2 is 1.80 bits per heavy atom. The predicted molar refractivity (Wildman–Crippen MR) is 184 cm³/mol. The first-order chi connectivity index (χ1) is 21.7. The summed E-state index contributed by atoms with van der Waals surface area (Å²) in [6.07, 6.45) is 10.1. The average molecular weight is 617 g/mol. The highest BCUT2D eigenvalue weighted by molar-refractivity contribution is 6.00. The van der Waals surface area contributed by atoms with E-state index in [1.165, 1.54) is 44.7 Å². The van der Waals surface area contributed by atoms with Crippen LogP contribution in [0.3, 0.4) is 0 Å². The molecular weight excluding hydrogens is 567 g/mol. The summed E-state index contributed by atoms with van der Waals surface area (Å²) in [5, 5.41) is 8.41. The molecule has 0 saturated carbocycles. The van der Waals surface area contributed by atoms with E-state index in [9.17, 15) is 14.0 Å². The fraction of sp³-hybridized carbons (Fsp3) is 0.459. The normalized spacial score (nSPS) is 15.0. The molecule has 3 aromatic carbocycles. The molecule has 1 unspecified atom stereocenters. The van der Waals surface area contributed by atoms with E-state index in [1.54, 1.807) is 17.7 Å². The van der Waals surface area contributed by atoms with Gasteiger partial charge in [0.25, 0.3) is 5.91 Å². The summed E-state index contributed by atoms with van der Waals surface area (Å²) in [6.45, 7) is 10.8. The van der Waals surface area contributed by atoms with Crippen LogP contribution in [0.5, 0.6) is 11.5 Å². The van der Waals surface area contributed by atoms with Crippen molar-refractivity contribution in [3.8, 4) is 17.2 Å². The molecule has 242 valence electrons. The molecule has 2 aliphatic rings. The van der Waals surface area contributed by atoms with E-state index in [0.29, 0.717) is 34.8 Å². The van der Waals surface area contributed by atoms with Crippen LogP contribution in [0.2, 0.25) is 0 Å². The number of hydrogen-bond acceptors (Lipinski definition) is 5. The number of piperidine rings is 1. The van der Waals surface area contributed by atoms with Crippen molar-refractivity contribution in [3.05, 3.63) is 75.8 Å². The Bertz CT molecular complexity index is 1670. The van der Waals surface area contributed by atoms with Crippen molar-refractivity contribution in [2.24, 2.45) is 0 Å². The van der Waals surface area contributed by atoms with Gasteiger partial charge in [0.05, 0.1) is 11.1 Å². The molecule has 1 fully saturated rings. The maximum atomic E-state index is 14.8. The summed E-state index contributed by atoms with van der Waals surface area (Å²) in [5.74, 6) is -0.168. The SMILES string of the molecule is CCC.CCC1CCCCN1.Cc1c(F)cc2c(=O)c(C(=O)NCCCCN(C)C)cn3c2c1Oc1cc2ccccc2cc1-3. The lowest BCUT2D eigenvalue weighted by Crippen LogP contribution is -2.32. The van der Waals surface area contributed by atoms with Crippen molar-refractivity contribution in [1.29, 1.82) is 0 Å². The molecule has 0 aliphatic carbocycles. The minimum absolute atomic E-state index is 0.0182. The van der Waals surface area contributed by atoms with Gasteiger partial charge in [-0.25, -0.2) is 4.39 Å². The summed E-state index contributed by atoms with van der Waals surface area (Å²) in [7, 11) is 4.00. The van der Waals surface area contributed by atoms with Crippen LogP contribution in [-0.4, -0.2) is 55.1 Å². The van der Waals surface area contributed by atoms with Gasteiger partial charge < -0.3 is 24.8 Å². The molecule has 1 saturated heterocycles. The molecular formula is C37H49FN4O3. The molecule has 4 aromatic rings. The highest BCUT2D eigenvalue weighted by Gasteiger charge is 2.27. The zero-order chi connectivity index (χ0) is 32.5. The monoisotopic (exact) mass is 616 g/mol. The maximum Gasteiger partial charge on any atom is 0.256 e. The Morgan fingerprint density at radius 1 is 1.09 bits per heavy atom. The lowest BCUT2D eigenvalue weighted by atomic mass is 10.0. The number of aromatic nitrogens is 1. The van der Waals surface area contributed by atoms with Crippen LogP contribution in [0.15, 0.2) is 53.5 Å². The molecule has 2 N–H and O–H groups in total. The van der Waals surface area contributed by atoms with Crippen molar-refractivity contribution in [2.75, 3.05) is 33.7 Å². The predicted octanol–water partition coefficient (Wildman–Crippen LogP) is 7.72. The second-order valence-corrected chi connectivity index (χ2v) is 12.2. The van der Waals surface area contributed by atoms with E-state index in [-0.39, 0.29) is 10.9 Å². The molecule has 6 rings (SSSR count). The summed E-state index contributed by atoms with van der Waals surface area (Å²) >= 11 is 0. The number of pyridine rings is 1. The number of nitrogens with one attached hydrogen (secondary N) is 2. The summed E-state index contributed by atoms with van der Waals surface area (Å²) in [4.78, 5) is 28.4. The number of hydrogen-bond donors (Lipinski definition) is 2. The number of carbonyl (C=O) groups excluding carboxylic acids is 1. The number of ether oxygens (including phenoxy) is 1. The Balaban J connectivity index is 0.000000357. The first-order valence-electron chi connectivity index (χ1n) is 16.5. The van der Waals surface area contributed by atoms with Gasteiger partial charge in [-0.3, -0.25) is 9.59 Å². The maximum absolute atomic E-state index is 14.8. The van der Waals surface area contributed by atoms with Gasteiger partial charge in [-0.2, -0.15) is 0 Å². The standard InChI is InChI=1S/C27H26FN3O3.C7H15N.C3H8/c1-16-21(28)14-19-24-26(16)34-23-13-18-9-5-4-8-17(18)12-22(23)31(24)15-20(25(19)32)27(33)29-10-6-7-11-30(2)3;1-2-7-5-3-4-6-8-7;1-3-2/h4-5,8-9,12-15H,6-7,10-11H2,1-3H3,(H,29,33);7-8H,2-6H2,1H3;3H2,1-2H3. The molecule has 2 aliphatic heterocycles. The van der Waals surface area contributed by atoms with Crippen LogP contribution < -0.4 is 20.8 Å². The number of halogens is 1. The number of rotatable bonds is 7. The van der Waals surface area contributed by atoms with Gasteiger partial charge in [0, 0.05) is 24.3 Å². The molecule has 1 aromatic heterocycles. The van der Waals surface area contributed by atoms with E-state index >= 15 is 0 Å². The van der Waals surface area contributed by atoms with E-state index in [1.807, 2.05) is 50.5 Å². The van der Waals surface area contributed by atoms with E-state index in [4.69, 9.17) is 4.74 Å². The number of benzene rings is 3. The van der Waals surface area contributed by atoms with Crippen LogP contribution in [-0.2, 0) is 0 Å². The Hall–Kier alpha value is -3.75. The van der Waals surface area contributed by atoms with Crippen LogP contribution in [0, 0.1) is 12.7 Å². The summed E-state index contributed by atoms with van der Waals surface area (Å²) in [6, 6.07) is 13.7. The third kappa shape index (κ3) is 8.10. The molecule has 0 bridgehead atoms. The summed E-state index contributed by atoms with van der Waals surface area (Å²) in [5.41, 5.74) is 0.953. The van der Waals surface area contributed by atoms with Gasteiger partial charge in [0.2, 0.25) is 5.43 Å². The number of amides is 1. The van der Waals surface area contributed by atoms with Crippen molar-refractivity contribution in [3.63, 3.8) is 0 Å². The first kappa shape index (κ1) is 34.1. The third-order valence-electron chi connectivity index (χ3n) is 8.19. The van der Waals surface area contributed by atoms with Gasteiger partial charge >= 0.3 is 0 Å². The van der Waals surface area contributed by atoms with Crippen LogP contribution >= 0.6 is 0 Å². The minimum Gasteiger partial charge on any atom is -0.453 e. The molecule has 7 nitrogen and oxygen atoms in total. The summed E-state index contributed by atoms with van der Waals surface area (Å²) < 4.78 is 22.7. The van der Waals surface area contributed by atoms with Crippen molar-refractivity contribution in [2.45, 2.75) is 78.7 Å². The second-order valence-electron chi connectivity index (χ2n) is 12.2. The molecule has 1 atom stereocenters. The van der Waals surface area contributed by atoms with Gasteiger partial charge in [-0.15, -0.1) is 0 Å². The van der Waals surface area contributed by atoms with Crippen molar-refractivity contribution >= 4 is 27.6 Å². The molecule has 3 heterocycles. The fourth-order valence-electron chi connectivity index (χ4n) is 5.71. The Morgan fingerprint density at radius 3 is 2.42 bits per heavy atom.